The van der Waals surface area contributed by atoms with Crippen LogP contribution in [-0.4, -0.2) is 20.9 Å². The highest BCUT2D eigenvalue weighted by atomic mass is 16.1. The maximum absolute atomic E-state index is 12.9. The van der Waals surface area contributed by atoms with Gasteiger partial charge in [-0.3, -0.25) is 9.78 Å². The summed E-state index contributed by atoms with van der Waals surface area (Å²) in [5.41, 5.74) is 4.47. The van der Waals surface area contributed by atoms with Crippen molar-refractivity contribution in [3.63, 3.8) is 0 Å². The zero-order valence-electron chi connectivity index (χ0n) is 14.2. The van der Waals surface area contributed by atoms with Gasteiger partial charge < -0.3 is 10.3 Å². The highest BCUT2D eigenvalue weighted by molar-refractivity contribution is 6.06. The van der Waals surface area contributed by atoms with Crippen molar-refractivity contribution in [2.75, 3.05) is 0 Å². The van der Waals surface area contributed by atoms with E-state index in [0.29, 0.717) is 18.0 Å². The number of H-pyrrole nitrogens is 1. The number of nitrogens with zero attached hydrogens (tertiary/aromatic N) is 2. The van der Waals surface area contributed by atoms with Crippen LogP contribution in [0.25, 0.3) is 21.9 Å². The van der Waals surface area contributed by atoms with Crippen LogP contribution in [0.1, 0.15) is 40.6 Å². The molecule has 0 spiro atoms. The molecule has 1 aliphatic rings. The van der Waals surface area contributed by atoms with Crippen molar-refractivity contribution in [3.8, 4) is 0 Å². The Morgan fingerprint density at radius 3 is 2.62 bits per heavy atom. The molecular weight excluding hydrogens is 324 g/mol. The quantitative estimate of drug-likeness (QED) is 0.590. The number of carbonyl (C=O) groups is 1. The van der Waals surface area contributed by atoms with Crippen molar-refractivity contribution < 1.29 is 4.79 Å². The summed E-state index contributed by atoms with van der Waals surface area (Å²) >= 11 is 0. The summed E-state index contributed by atoms with van der Waals surface area (Å²) in [6.45, 7) is 0.364. The second-order valence-corrected chi connectivity index (χ2v) is 6.77. The molecule has 1 aliphatic carbocycles. The molecule has 0 atom stereocenters. The number of nitrogens with one attached hydrogen (secondary N) is 2. The number of benzene rings is 2. The number of pyridine rings is 1. The van der Waals surface area contributed by atoms with Gasteiger partial charge in [0.25, 0.3) is 5.91 Å². The normalized spacial score (nSPS) is 14.0. The number of carbonyl (C=O) groups excluding carboxylic acids is 1. The number of fused-ring (bicyclic) bond motifs is 2. The van der Waals surface area contributed by atoms with Gasteiger partial charge in [-0.15, -0.1) is 0 Å². The summed E-state index contributed by atoms with van der Waals surface area (Å²) in [6.07, 6.45) is 2.32. The Morgan fingerprint density at radius 1 is 1.04 bits per heavy atom. The first-order valence-electron chi connectivity index (χ1n) is 8.89. The van der Waals surface area contributed by atoms with Crippen LogP contribution in [0.3, 0.4) is 0 Å². The van der Waals surface area contributed by atoms with E-state index in [0.717, 1.165) is 46.3 Å². The monoisotopic (exact) mass is 342 g/mol. The van der Waals surface area contributed by atoms with Crippen molar-refractivity contribution >= 4 is 27.8 Å². The van der Waals surface area contributed by atoms with Crippen LogP contribution in [0.4, 0.5) is 0 Å². The van der Waals surface area contributed by atoms with E-state index in [-0.39, 0.29) is 5.91 Å². The maximum Gasteiger partial charge on any atom is 0.252 e. The van der Waals surface area contributed by atoms with Crippen LogP contribution < -0.4 is 5.32 Å². The van der Waals surface area contributed by atoms with Crippen LogP contribution >= 0.6 is 0 Å². The molecule has 2 N–H and O–H groups in total. The second kappa shape index (κ2) is 5.95. The molecule has 128 valence electrons. The third-order valence-corrected chi connectivity index (χ3v) is 4.83. The molecule has 0 saturated heterocycles. The summed E-state index contributed by atoms with van der Waals surface area (Å²) in [6, 6.07) is 17.6. The van der Waals surface area contributed by atoms with Crippen molar-refractivity contribution in [3.05, 3.63) is 71.7 Å². The number of hydrogen-bond donors (Lipinski definition) is 2. The fourth-order valence-corrected chi connectivity index (χ4v) is 3.32. The summed E-state index contributed by atoms with van der Waals surface area (Å²) in [4.78, 5) is 25.3. The van der Waals surface area contributed by atoms with Crippen LogP contribution in [-0.2, 0) is 6.54 Å². The van der Waals surface area contributed by atoms with Crippen molar-refractivity contribution in [2.45, 2.75) is 25.3 Å². The molecule has 0 radical (unpaired) electrons. The molecule has 2 aromatic carbocycles. The van der Waals surface area contributed by atoms with Gasteiger partial charge in [-0.25, -0.2) is 4.98 Å². The van der Waals surface area contributed by atoms with E-state index in [1.165, 1.54) is 0 Å². The summed E-state index contributed by atoms with van der Waals surface area (Å²) in [5.74, 6) is 1.16. The van der Waals surface area contributed by atoms with Crippen LogP contribution in [0.2, 0.25) is 0 Å². The molecule has 26 heavy (non-hydrogen) atoms. The summed E-state index contributed by atoms with van der Waals surface area (Å²) in [7, 11) is 0. The molecule has 1 fully saturated rings. The highest BCUT2D eigenvalue weighted by Crippen LogP contribution is 2.40. The smallest absolute Gasteiger partial charge is 0.252 e. The van der Waals surface area contributed by atoms with Crippen LogP contribution in [0, 0.1) is 0 Å². The lowest BCUT2D eigenvalue weighted by Gasteiger charge is -2.09. The third kappa shape index (κ3) is 2.71. The summed E-state index contributed by atoms with van der Waals surface area (Å²) in [5, 5.41) is 3.88. The molecule has 1 amide bonds. The minimum absolute atomic E-state index is 0.0917. The Morgan fingerprint density at radius 2 is 1.81 bits per heavy atom. The lowest BCUT2D eigenvalue weighted by molar-refractivity contribution is 0.0951. The average Bonchev–Trinajstić information content (AvgIpc) is 3.44. The molecule has 4 aromatic rings. The Kier molecular flexibility index (Phi) is 3.45. The predicted octanol–water partition coefficient (Wildman–Crippen LogP) is 3.92. The predicted molar refractivity (Wildman–Crippen MR) is 101 cm³/mol. The Hall–Kier alpha value is -3.21. The van der Waals surface area contributed by atoms with E-state index in [1.807, 2.05) is 54.6 Å². The molecule has 0 unspecified atom stereocenters. The number of amides is 1. The Bertz CT molecular complexity index is 1090. The maximum atomic E-state index is 12.9. The number of aromatic amines is 1. The fraction of sp³-hybridized carbons (Fsp3) is 0.190. The van der Waals surface area contributed by atoms with E-state index in [4.69, 9.17) is 4.98 Å². The highest BCUT2D eigenvalue weighted by Gasteiger charge is 2.26. The van der Waals surface area contributed by atoms with Gasteiger partial charge in [0.2, 0.25) is 0 Å². The van der Waals surface area contributed by atoms with E-state index in [1.54, 1.807) is 0 Å². The van der Waals surface area contributed by atoms with Gasteiger partial charge in [0.05, 0.1) is 28.7 Å². The first kappa shape index (κ1) is 15.1. The number of para-hydroxylation sites is 3. The molecule has 2 heterocycles. The standard InChI is InChI=1S/C21H18N4O/c26-21(22-12-20-24-17-7-3-4-8-18(17)25-20)15-11-19(13-9-10-13)23-16-6-2-1-5-14(15)16/h1-8,11,13H,9-10,12H2,(H,22,26)(H,24,25). The van der Waals surface area contributed by atoms with E-state index in [2.05, 4.69) is 15.3 Å². The molecule has 5 heteroatoms. The average molecular weight is 342 g/mol. The van der Waals surface area contributed by atoms with Gasteiger partial charge in [0, 0.05) is 17.0 Å². The minimum Gasteiger partial charge on any atom is -0.345 e. The Labute approximate surface area is 150 Å². The number of imidazole rings is 1. The largest absolute Gasteiger partial charge is 0.345 e. The molecule has 5 rings (SSSR count). The van der Waals surface area contributed by atoms with Gasteiger partial charge in [-0.1, -0.05) is 30.3 Å². The van der Waals surface area contributed by atoms with Crippen molar-refractivity contribution in [2.24, 2.45) is 0 Å². The number of hydrogen-bond acceptors (Lipinski definition) is 3. The number of aromatic nitrogens is 3. The number of rotatable bonds is 4. The van der Waals surface area contributed by atoms with E-state index < -0.39 is 0 Å². The molecular formula is C21H18N4O. The van der Waals surface area contributed by atoms with E-state index >= 15 is 0 Å². The SMILES string of the molecule is O=C(NCc1nc2ccccc2[nH]1)c1cc(C2CC2)nc2ccccc12. The minimum atomic E-state index is -0.0917. The molecule has 1 saturated carbocycles. The zero-order chi connectivity index (χ0) is 17.5. The molecule has 0 aliphatic heterocycles. The third-order valence-electron chi connectivity index (χ3n) is 4.83. The van der Waals surface area contributed by atoms with Gasteiger partial charge in [-0.2, -0.15) is 0 Å². The topological polar surface area (TPSA) is 70.7 Å². The lowest BCUT2D eigenvalue weighted by atomic mass is 10.1. The molecule has 5 nitrogen and oxygen atoms in total. The van der Waals surface area contributed by atoms with E-state index in [9.17, 15) is 4.79 Å². The molecule has 0 bridgehead atoms. The van der Waals surface area contributed by atoms with Gasteiger partial charge >= 0.3 is 0 Å². The molecule has 2 aromatic heterocycles. The second-order valence-electron chi connectivity index (χ2n) is 6.77. The first-order valence-corrected chi connectivity index (χ1v) is 8.89. The van der Waals surface area contributed by atoms with Gasteiger partial charge in [0.15, 0.2) is 0 Å². The van der Waals surface area contributed by atoms with Crippen molar-refractivity contribution in [1.29, 1.82) is 0 Å². The van der Waals surface area contributed by atoms with Gasteiger partial charge in [0.1, 0.15) is 5.82 Å². The fourth-order valence-electron chi connectivity index (χ4n) is 3.32. The lowest BCUT2D eigenvalue weighted by Crippen LogP contribution is -2.24. The van der Waals surface area contributed by atoms with Crippen LogP contribution in [0.15, 0.2) is 54.6 Å². The zero-order valence-corrected chi connectivity index (χ0v) is 14.2. The van der Waals surface area contributed by atoms with Crippen molar-refractivity contribution in [1.82, 2.24) is 20.3 Å². The first-order chi connectivity index (χ1) is 12.8. The summed E-state index contributed by atoms with van der Waals surface area (Å²) < 4.78 is 0. The van der Waals surface area contributed by atoms with Gasteiger partial charge in [-0.05, 0) is 37.1 Å². The van der Waals surface area contributed by atoms with Crippen LogP contribution in [0.5, 0.6) is 0 Å². The Balaban J connectivity index is 1.44.